The minimum atomic E-state index is -1.25. The van der Waals surface area contributed by atoms with Gasteiger partial charge in [0.15, 0.2) is 0 Å². The molecular formula is C35H48BrN3O8. The van der Waals surface area contributed by atoms with Crippen LogP contribution in [0.3, 0.4) is 0 Å². The highest BCUT2D eigenvalue weighted by molar-refractivity contribution is 9.09. The Morgan fingerprint density at radius 1 is 1.21 bits per heavy atom. The summed E-state index contributed by atoms with van der Waals surface area (Å²) in [7, 11) is 1.50. The molecule has 1 spiro atoms. The summed E-state index contributed by atoms with van der Waals surface area (Å²) in [5, 5.41) is 12.4. The molecule has 3 amide bonds. The molecule has 3 aliphatic rings. The van der Waals surface area contributed by atoms with E-state index < -0.39 is 47.7 Å². The van der Waals surface area contributed by atoms with Crippen molar-refractivity contribution >= 4 is 39.6 Å². The zero-order valence-corrected chi connectivity index (χ0v) is 29.1. The van der Waals surface area contributed by atoms with Crippen molar-refractivity contribution in [1.29, 1.82) is 0 Å². The predicted molar refractivity (Wildman–Crippen MR) is 179 cm³/mol. The first-order valence-electron chi connectivity index (χ1n) is 16.3. The number of benzene rings is 1. The van der Waals surface area contributed by atoms with Crippen LogP contribution in [0.2, 0.25) is 0 Å². The fourth-order valence-electron chi connectivity index (χ4n) is 7.29. The summed E-state index contributed by atoms with van der Waals surface area (Å²) in [5.41, 5.74) is -0.605. The lowest BCUT2D eigenvalue weighted by Crippen LogP contribution is -2.58. The number of carbonyl (C=O) groups is 4. The fraction of sp³-hybridized carbons (Fsp3) is 0.600. The van der Waals surface area contributed by atoms with Gasteiger partial charge < -0.3 is 34.4 Å². The standard InChI is InChI=1S/C35H48BrN3O8/c1-6-8-16-26(41)37-25(21-45-5)29(23-14-10-9-11-15-23)46-34(44)27-28-32(42)39(18-12-13-19-40)31(33(43)38(17-7-2)22(3)4)35(28)20-24(36)30(27)47-35/h6-7,9-11,14-15,22,24-25,27-31,40H,1-2,8,12-13,16-21H2,3-5H3,(H,37,41)/t24?,25-,27-,28+,29-,30-,31-,35+/m0/s1. The lowest BCUT2D eigenvalue weighted by molar-refractivity contribution is -0.163. The Hall–Kier alpha value is -3.06. The molecule has 3 fully saturated rings. The summed E-state index contributed by atoms with van der Waals surface area (Å²) >= 11 is 3.71. The lowest BCUT2D eigenvalue weighted by atomic mass is 9.70. The topological polar surface area (TPSA) is 135 Å². The molecule has 1 aromatic rings. The summed E-state index contributed by atoms with van der Waals surface area (Å²) in [6, 6.07) is 7.23. The van der Waals surface area contributed by atoms with E-state index >= 15 is 0 Å². The molecule has 1 unspecified atom stereocenters. The number of nitrogens with one attached hydrogen (secondary N) is 1. The average Bonchev–Trinajstić information content (AvgIpc) is 3.64. The monoisotopic (exact) mass is 717 g/mol. The molecule has 3 heterocycles. The Morgan fingerprint density at radius 3 is 2.55 bits per heavy atom. The van der Waals surface area contributed by atoms with Gasteiger partial charge in [-0.3, -0.25) is 19.2 Å². The normalized spacial score (nSPS) is 27.3. The first-order chi connectivity index (χ1) is 22.6. The minimum Gasteiger partial charge on any atom is -0.455 e. The number of amides is 3. The largest absolute Gasteiger partial charge is 0.455 e. The van der Waals surface area contributed by atoms with Crippen LogP contribution in [0.15, 0.2) is 55.6 Å². The number of fused-ring (bicyclic) bond motifs is 1. The van der Waals surface area contributed by atoms with E-state index in [1.807, 2.05) is 32.0 Å². The molecule has 4 rings (SSSR count). The van der Waals surface area contributed by atoms with Crippen molar-refractivity contribution in [3.63, 3.8) is 0 Å². The Balaban J connectivity index is 1.71. The number of halogens is 1. The zero-order chi connectivity index (χ0) is 34.3. The maximum Gasteiger partial charge on any atom is 0.313 e. The number of unbranched alkanes of at least 4 members (excludes halogenated alkanes) is 1. The number of hydrogen-bond donors (Lipinski definition) is 2. The maximum absolute atomic E-state index is 14.4. The molecule has 12 heteroatoms. The third kappa shape index (κ3) is 7.50. The van der Waals surface area contributed by atoms with Crippen LogP contribution < -0.4 is 5.32 Å². The van der Waals surface area contributed by atoms with Crippen LogP contribution in [-0.2, 0) is 33.4 Å². The number of carbonyl (C=O) groups excluding carboxylic acids is 4. The molecule has 0 aliphatic carbocycles. The van der Waals surface area contributed by atoms with Gasteiger partial charge in [0, 0.05) is 44.1 Å². The van der Waals surface area contributed by atoms with E-state index in [1.165, 1.54) is 7.11 Å². The lowest BCUT2D eigenvalue weighted by Gasteiger charge is -2.38. The molecule has 1 aromatic carbocycles. The van der Waals surface area contributed by atoms with E-state index in [0.29, 0.717) is 31.2 Å². The molecule has 0 saturated carbocycles. The predicted octanol–water partition coefficient (Wildman–Crippen LogP) is 3.31. The van der Waals surface area contributed by atoms with Crippen molar-refractivity contribution < 1.29 is 38.5 Å². The Morgan fingerprint density at radius 2 is 1.94 bits per heavy atom. The van der Waals surface area contributed by atoms with Crippen LogP contribution in [0, 0.1) is 11.8 Å². The number of methoxy groups -OCH3 is 1. The first-order valence-corrected chi connectivity index (χ1v) is 17.3. The number of likely N-dealkylation sites (tertiary alicyclic amines) is 1. The second kappa shape index (κ2) is 16.4. The van der Waals surface area contributed by atoms with Crippen LogP contribution in [0.4, 0.5) is 0 Å². The highest BCUT2D eigenvalue weighted by Gasteiger charge is 2.77. The zero-order valence-electron chi connectivity index (χ0n) is 27.5. The second-order valence-corrected chi connectivity index (χ2v) is 13.9. The van der Waals surface area contributed by atoms with Crippen molar-refractivity contribution in [2.45, 2.75) is 86.7 Å². The highest BCUT2D eigenvalue weighted by atomic mass is 79.9. The third-order valence-electron chi connectivity index (χ3n) is 9.34. The number of alkyl halides is 1. The van der Waals surface area contributed by atoms with Crippen LogP contribution in [0.1, 0.15) is 57.6 Å². The smallest absolute Gasteiger partial charge is 0.313 e. The molecule has 3 aliphatic heterocycles. The highest BCUT2D eigenvalue weighted by Crippen LogP contribution is 2.60. The van der Waals surface area contributed by atoms with Gasteiger partial charge >= 0.3 is 5.97 Å². The van der Waals surface area contributed by atoms with Gasteiger partial charge in [-0.05, 0) is 45.1 Å². The van der Waals surface area contributed by atoms with Crippen LogP contribution in [0.25, 0.3) is 0 Å². The van der Waals surface area contributed by atoms with Crippen LogP contribution in [-0.4, -0.2) is 107 Å². The number of hydrogen-bond acceptors (Lipinski definition) is 8. The summed E-state index contributed by atoms with van der Waals surface area (Å²) in [4.78, 5) is 58.8. The quantitative estimate of drug-likeness (QED) is 0.102. The molecule has 258 valence electrons. The molecule has 8 atom stereocenters. The van der Waals surface area contributed by atoms with Gasteiger partial charge in [0.25, 0.3) is 0 Å². The number of rotatable bonds is 18. The van der Waals surface area contributed by atoms with Gasteiger partial charge in [-0.25, -0.2) is 0 Å². The number of esters is 1. The number of aliphatic hydroxyl groups is 1. The van der Waals surface area contributed by atoms with E-state index in [0.717, 1.165) is 0 Å². The van der Waals surface area contributed by atoms with E-state index in [-0.39, 0.29) is 61.3 Å². The Labute approximate surface area is 285 Å². The van der Waals surface area contributed by atoms with E-state index in [9.17, 15) is 24.3 Å². The number of ether oxygens (including phenoxy) is 3. The van der Waals surface area contributed by atoms with E-state index in [2.05, 4.69) is 34.4 Å². The first kappa shape index (κ1) is 36.8. The molecule has 2 bridgehead atoms. The van der Waals surface area contributed by atoms with E-state index in [4.69, 9.17) is 14.2 Å². The van der Waals surface area contributed by atoms with Gasteiger partial charge in [-0.1, -0.05) is 58.4 Å². The molecule has 11 nitrogen and oxygen atoms in total. The summed E-state index contributed by atoms with van der Waals surface area (Å²) in [6.07, 6.45) is 3.65. The van der Waals surface area contributed by atoms with Gasteiger partial charge in [0.2, 0.25) is 17.7 Å². The maximum atomic E-state index is 14.4. The molecule has 3 saturated heterocycles. The van der Waals surface area contributed by atoms with Gasteiger partial charge in [0.05, 0.1) is 30.6 Å². The minimum absolute atomic E-state index is 0.0472. The molecular weight excluding hydrogens is 670 g/mol. The second-order valence-electron chi connectivity index (χ2n) is 12.7. The molecule has 0 aromatic heterocycles. The van der Waals surface area contributed by atoms with Gasteiger partial charge in [-0.15, -0.1) is 13.2 Å². The van der Waals surface area contributed by atoms with Crippen molar-refractivity contribution in [3.05, 3.63) is 61.2 Å². The van der Waals surface area contributed by atoms with Gasteiger partial charge in [-0.2, -0.15) is 0 Å². The van der Waals surface area contributed by atoms with Crippen molar-refractivity contribution in [2.75, 3.05) is 33.4 Å². The van der Waals surface area contributed by atoms with E-state index in [1.54, 1.807) is 34.1 Å². The molecule has 47 heavy (non-hydrogen) atoms. The van der Waals surface area contributed by atoms with Crippen molar-refractivity contribution in [1.82, 2.24) is 15.1 Å². The fourth-order valence-corrected chi connectivity index (χ4v) is 8.23. The number of allylic oxidation sites excluding steroid dienone is 1. The Kier molecular flexibility index (Phi) is 12.8. The van der Waals surface area contributed by atoms with Crippen molar-refractivity contribution in [2.24, 2.45) is 11.8 Å². The van der Waals surface area contributed by atoms with Gasteiger partial charge in [0.1, 0.15) is 17.7 Å². The Bertz CT molecular complexity index is 1290. The summed E-state index contributed by atoms with van der Waals surface area (Å²) < 4.78 is 18.4. The van der Waals surface area contributed by atoms with Crippen LogP contribution >= 0.6 is 15.9 Å². The SMILES string of the molecule is C=CCCC(=O)N[C@@H](COC)[C@@H](OC(=O)[C@@H]1[C@H]2O[C@@]3(CC2Br)[C@H](C(=O)N(CC=C)C(C)C)N(CCCCO)C(=O)[C@@H]13)c1ccccc1. The van der Waals surface area contributed by atoms with Crippen LogP contribution in [0.5, 0.6) is 0 Å². The third-order valence-corrected chi connectivity index (χ3v) is 10.2. The number of aliphatic hydroxyl groups excluding tert-OH is 1. The summed E-state index contributed by atoms with van der Waals surface area (Å²) in [5.74, 6) is -3.45. The molecule has 0 radical (unpaired) electrons. The summed E-state index contributed by atoms with van der Waals surface area (Å²) in [6.45, 7) is 11.8. The van der Waals surface area contributed by atoms with Crippen molar-refractivity contribution in [3.8, 4) is 0 Å². The molecule has 2 N–H and O–H groups in total. The average molecular weight is 719 g/mol. The number of nitrogens with zero attached hydrogens (tertiary/aromatic N) is 2.